The lowest BCUT2D eigenvalue weighted by Crippen LogP contribution is -1.83. The summed E-state index contributed by atoms with van der Waals surface area (Å²) < 4.78 is 0. The molecule has 1 N–H and O–H groups in total. The van der Waals surface area contributed by atoms with E-state index in [1.807, 2.05) is 12.1 Å². The maximum Gasteiger partial charge on any atom is 0.144 e. The highest BCUT2D eigenvalue weighted by Gasteiger charge is 2.03. The van der Waals surface area contributed by atoms with Crippen molar-refractivity contribution in [2.75, 3.05) is 0 Å². The van der Waals surface area contributed by atoms with Crippen molar-refractivity contribution in [1.82, 2.24) is 9.97 Å². The van der Waals surface area contributed by atoms with Crippen molar-refractivity contribution < 1.29 is 0 Å². The Hall–Kier alpha value is -1.53. The first-order valence-electron chi connectivity index (χ1n) is 3.35. The van der Waals surface area contributed by atoms with Crippen LogP contribution in [0, 0.1) is 11.3 Å². The highest BCUT2D eigenvalue weighted by Crippen LogP contribution is 2.20. The molecule has 0 amide bonds. The molecule has 12 heavy (non-hydrogen) atoms. The van der Waals surface area contributed by atoms with Gasteiger partial charge in [-0.25, -0.2) is 4.98 Å². The largest absolute Gasteiger partial charge is 0.361 e. The normalized spacial score (nSPS) is 10.0. The van der Waals surface area contributed by atoms with Crippen molar-refractivity contribution >= 4 is 22.5 Å². The minimum absolute atomic E-state index is 0.329. The van der Waals surface area contributed by atoms with Gasteiger partial charge in [0.1, 0.15) is 16.9 Å². The lowest BCUT2D eigenvalue weighted by molar-refractivity contribution is 1.28. The van der Waals surface area contributed by atoms with Gasteiger partial charge in [0.05, 0.1) is 5.52 Å². The van der Waals surface area contributed by atoms with Gasteiger partial charge < -0.3 is 4.98 Å². The molecule has 0 saturated heterocycles. The molecule has 0 unspecified atom stereocenters. The van der Waals surface area contributed by atoms with Gasteiger partial charge in [0.25, 0.3) is 0 Å². The molecular formula is C8H4ClN3. The summed E-state index contributed by atoms with van der Waals surface area (Å²) in [6.45, 7) is 0. The summed E-state index contributed by atoms with van der Waals surface area (Å²) in [5.41, 5.74) is 1.17. The highest BCUT2D eigenvalue weighted by atomic mass is 35.5. The third-order valence-corrected chi connectivity index (χ3v) is 1.90. The SMILES string of the molecule is N#Cc1cc2[nH]ccc2c(Cl)n1. The molecule has 0 fully saturated rings. The fourth-order valence-corrected chi connectivity index (χ4v) is 1.33. The van der Waals surface area contributed by atoms with Crippen LogP contribution in [0.25, 0.3) is 10.9 Å². The second kappa shape index (κ2) is 2.50. The molecule has 0 radical (unpaired) electrons. The number of rotatable bonds is 0. The van der Waals surface area contributed by atoms with Crippen molar-refractivity contribution in [3.63, 3.8) is 0 Å². The predicted molar refractivity (Wildman–Crippen MR) is 45.8 cm³/mol. The van der Waals surface area contributed by atoms with Crippen LogP contribution in [0.4, 0.5) is 0 Å². The third kappa shape index (κ3) is 0.936. The molecule has 58 valence electrons. The Morgan fingerprint density at radius 2 is 2.42 bits per heavy atom. The molecule has 4 heteroatoms. The van der Waals surface area contributed by atoms with E-state index in [9.17, 15) is 0 Å². The van der Waals surface area contributed by atoms with E-state index in [1.165, 1.54) is 0 Å². The van der Waals surface area contributed by atoms with E-state index in [-0.39, 0.29) is 0 Å². The molecule has 0 aliphatic carbocycles. The van der Waals surface area contributed by atoms with E-state index in [1.54, 1.807) is 12.3 Å². The van der Waals surface area contributed by atoms with Crippen LogP contribution in [0.1, 0.15) is 5.69 Å². The first-order valence-corrected chi connectivity index (χ1v) is 3.73. The number of hydrogen-bond acceptors (Lipinski definition) is 2. The first-order chi connectivity index (χ1) is 5.81. The monoisotopic (exact) mass is 177 g/mol. The number of hydrogen-bond donors (Lipinski definition) is 1. The van der Waals surface area contributed by atoms with Crippen LogP contribution in [-0.4, -0.2) is 9.97 Å². The fourth-order valence-electron chi connectivity index (χ4n) is 1.07. The van der Waals surface area contributed by atoms with E-state index in [4.69, 9.17) is 16.9 Å². The lowest BCUT2D eigenvalue weighted by atomic mass is 10.3. The van der Waals surface area contributed by atoms with Crippen LogP contribution >= 0.6 is 11.6 Å². The molecule has 3 nitrogen and oxygen atoms in total. The number of aromatic nitrogens is 2. The zero-order valence-electron chi connectivity index (χ0n) is 6.00. The van der Waals surface area contributed by atoms with E-state index >= 15 is 0 Å². The van der Waals surface area contributed by atoms with Gasteiger partial charge in [0.15, 0.2) is 0 Å². The van der Waals surface area contributed by atoms with E-state index < -0.39 is 0 Å². The van der Waals surface area contributed by atoms with Gasteiger partial charge in [-0.2, -0.15) is 5.26 Å². The second-order valence-corrected chi connectivity index (χ2v) is 2.71. The maximum atomic E-state index is 8.57. The molecule has 2 heterocycles. The van der Waals surface area contributed by atoms with Crippen LogP contribution < -0.4 is 0 Å². The number of nitrogens with zero attached hydrogens (tertiary/aromatic N) is 2. The predicted octanol–water partition coefficient (Wildman–Crippen LogP) is 2.09. The third-order valence-electron chi connectivity index (χ3n) is 1.62. The highest BCUT2D eigenvalue weighted by molar-refractivity contribution is 6.34. The molecule has 2 aromatic rings. The van der Waals surface area contributed by atoms with Crippen molar-refractivity contribution in [3.05, 3.63) is 29.2 Å². The van der Waals surface area contributed by atoms with Gasteiger partial charge in [-0.1, -0.05) is 11.6 Å². The standard InChI is InChI=1S/C8H4ClN3/c9-8-6-1-2-11-7(6)3-5(4-10)12-8/h1-3,11H. The Labute approximate surface area is 73.6 Å². The summed E-state index contributed by atoms with van der Waals surface area (Å²) >= 11 is 5.80. The number of nitriles is 1. The quantitative estimate of drug-likeness (QED) is 0.627. The molecular weight excluding hydrogens is 174 g/mol. The number of H-pyrrole nitrogens is 1. The lowest BCUT2D eigenvalue weighted by Gasteiger charge is -1.93. The van der Waals surface area contributed by atoms with E-state index in [2.05, 4.69) is 9.97 Å². The van der Waals surface area contributed by atoms with Gasteiger partial charge in [-0.3, -0.25) is 0 Å². The molecule has 2 aromatic heterocycles. The molecule has 2 rings (SSSR count). The van der Waals surface area contributed by atoms with Crippen molar-refractivity contribution in [2.24, 2.45) is 0 Å². The summed E-state index contributed by atoms with van der Waals surface area (Å²) in [6.07, 6.45) is 1.76. The molecule has 0 aliphatic rings. The Morgan fingerprint density at radius 1 is 1.58 bits per heavy atom. The van der Waals surface area contributed by atoms with Crippen LogP contribution in [-0.2, 0) is 0 Å². The Balaban J connectivity index is 2.86. The number of fused-ring (bicyclic) bond motifs is 1. The number of halogens is 1. The van der Waals surface area contributed by atoms with Crippen LogP contribution in [0.15, 0.2) is 18.3 Å². The molecule has 0 aromatic carbocycles. The topological polar surface area (TPSA) is 52.5 Å². The zero-order valence-corrected chi connectivity index (χ0v) is 6.76. The van der Waals surface area contributed by atoms with Crippen LogP contribution in [0.5, 0.6) is 0 Å². The Bertz CT molecular complexity index is 467. The molecule has 0 aliphatic heterocycles. The molecule has 0 saturated carbocycles. The molecule has 0 bridgehead atoms. The van der Waals surface area contributed by atoms with E-state index in [0.717, 1.165) is 10.9 Å². The minimum atomic E-state index is 0.329. The first kappa shape index (κ1) is 7.14. The van der Waals surface area contributed by atoms with Gasteiger partial charge in [-0.05, 0) is 12.1 Å². The van der Waals surface area contributed by atoms with Crippen LogP contribution in [0.2, 0.25) is 5.15 Å². The maximum absolute atomic E-state index is 8.57. The van der Waals surface area contributed by atoms with E-state index in [0.29, 0.717) is 10.8 Å². The molecule has 0 atom stereocenters. The smallest absolute Gasteiger partial charge is 0.144 e. The average Bonchev–Trinajstić information content (AvgIpc) is 2.52. The Kier molecular flexibility index (Phi) is 1.49. The second-order valence-electron chi connectivity index (χ2n) is 2.35. The zero-order chi connectivity index (χ0) is 8.55. The van der Waals surface area contributed by atoms with Crippen molar-refractivity contribution in [3.8, 4) is 6.07 Å². The summed E-state index contributed by atoms with van der Waals surface area (Å²) in [5, 5.41) is 9.78. The van der Waals surface area contributed by atoms with Gasteiger partial charge in [-0.15, -0.1) is 0 Å². The molecule has 0 spiro atoms. The summed E-state index contributed by atoms with van der Waals surface area (Å²) in [5.74, 6) is 0. The van der Waals surface area contributed by atoms with Crippen molar-refractivity contribution in [1.29, 1.82) is 5.26 Å². The average molecular weight is 178 g/mol. The minimum Gasteiger partial charge on any atom is -0.361 e. The van der Waals surface area contributed by atoms with Crippen LogP contribution in [0.3, 0.4) is 0 Å². The summed E-state index contributed by atoms with van der Waals surface area (Å²) in [6, 6.07) is 5.43. The summed E-state index contributed by atoms with van der Waals surface area (Å²) in [4.78, 5) is 6.84. The number of pyridine rings is 1. The van der Waals surface area contributed by atoms with Gasteiger partial charge in [0, 0.05) is 11.6 Å². The number of nitrogens with one attached hydrogen (secondary N) is 1. The van der Waals surface area contributed by atoms with Crippen molar-refractivity contribution in [2.45, 2.75) is 0 Å². The number of aromatic amines is 1. The van der Waals surface area contributed by atoms with Gasteiger partial charge >= 0.3 is 0 Å². The summed E-state index contributed by atoms with van der Waals surface area (Å²) in [7, 11) is 0. The fraction of sp³-hybridized carbons (Fsp3) is 0. The van der Waals surface area contributed by atoms with Gasteiger partial charge in [0.2, 0.25) is 0 Å². The Morgan fingerprint density at radius 3 is 3.17 bits per heavy atom.